The molecule has 1 rings (SSSR count). The highest BCUT2D eigenvalue weighted by molar-refractivity contribution is 7.90. The smallest absolute Gasteiger partial charge is 0.223 e. The first-order valence-electron chi connectivity index (χ1n) is 4.61. The Morgan fingerprint density at radius 3 is 2.20 bits per heavy atom. The van der Waals surface area contributed by atoms with Crippen molar-refractivity contribution >= 4 is 15.7 Å². The molecule has 6 nitrogen and oxygen atoms in total. The van der Waals surface area contributed by atoms with Crippen LogP contribution in [0.25, 0.3) is 0 Å². The average Bonchev–Trinajstić information content (AvgIpc) is 2.42. The van der Waals surface area contributed by atoms with Crippen LogP contribution in [-0.2, 0) is 14.6 Å². The molecule has 1 fully saturated rings. The molecule has 0 aromatic rings. The predicted octanol–water partition coefficient (Wildman–Crippen LogP) is -2.01. The van der Waals surface area contributed by atoms with Crippen molar-refractivity contribution in [3.63, 3.8) is 0 Å². The maximum atomic E-state index is 11.4. The first-order valence-corrected chi connectivity index (χ1v) is 6.67. The van der Waals surface area contributed by atoms with E-state index in [0.717, 1.165) is 6.26 Å². The van der Waals surface area contributed by atoms with E-state index in [-0.39, 0.29) is 31.2 Å². The van der Waals surface area contributed by atoms with E-state index in [9.17, 15) is 23.4 Å². The SMILES string of the molecule is CS(=O)(=O)CCC(=O)N1CC(O)C(O)C1. The largest absolute Gasteiger partial charge is 0.388 e. The Bertz CT molecular complexity index is 329. The van der Waals surface area contributed by atoms with Crippen molar-refractivity contribution in [1.82, 2.24) is 4.90 Å². The minimum Gasteiger partial charge on any atom is -0.388 e. The van der Waals surface area contributed by atoms with Crippen LogP contribution in [0.2, 0.25) is 0 Å². The number of hydrogen-bond acceptors (Lipinski definition) is 5. The van der Waals surface area contributed by atoms with Gasteiger partial charge in [0.1, 0.15) is 9.84 Å². The summed E-state index contributed by atoms with van der Waals surface area (Å²) in [5.41, 5.74) is 0. The van der Waals surface area contributed by atoms with Crippen LogP contribution in [0.3, 0.4) is 0 Å². The third-order valence-electron chi connectivity index (χ3n) is 2.30. The van der Waals surface area contributed by atoms with Gasteiger partial charge in [-0.25, -0.2) is 8.42 Å². The Kier molecular flexibility index (Phi) is 3.69. The van der Waals surface area contributed by atoms with E-state index in [1.165, 1.54) is 4.90 Å². The van der Waals surface area contributed by atoms with Gasteiger partial charge in [0.2, 0.25) is 5.91 Å². The number of rotatable bonds is 3. The first-order chi connectivity index (χ1) is 6.79. The molecule has 2 atom stereocenters. The minimum atomic E-state index is -3.15. The van der Waals surface area contributed by atoms with Gasteiger partial charge in [0.15, 0.2) is 0 Å². The molecule has 88 valence electrons. The number of aliphatic hydroxyl groups excluding tert-OH is 2. The van der Waals surface area contributed by atoms with Gasteiger partial charge in [0, 0.05) is 25.8 Å². The lowest BCUT2D eigenvalue weighted by molar-refractivity contribution is -0.130. The zero-order valence-electron chi connectivity index (χ0n) is 8.46. The van der Waals surface area contributed by atoms with Crippen molar-refractivity contribution in [2.45, 2.75) is 18.6 Å². The van der Waals surface area contributed by atoms with Crippen molar-refractivity contribution in [3.05, 3.63) is 0 Å². The second-order valence-electron chi connectivity index (χ2n) is 3.81. The molecule has 0 aromatic carbocycles. The number of sulfone groups is 1. The summed E-state index contributed by atoms with van der Waals surface area (Å²) in [6, 6.07) is 0. The maximum Gasteiger partial charge on any atom is 0.223 e. The fourth-order valence-corrected chi connectivity index (χ4v) is 1.95. The second-order valence-corrected chi connectivity index (χ2v) is 6.07. The molecule has 1 aliphatic rings. The summed E-state index contributed by atoms with van der Waals surface area (Å²) in [5.74, 6) is -0.551. The number of likely N-dealkylation sites (tertiary alicyclic amines) is 1. The fourth-order valence-electron chi connectivity index (χ4n) is 1.40. The number of amides is 1. The topological polar surface area (TPSA) is 94.9 Å². The van der Waals surface area contributed by atoms with Gasteiger partial charge < -0.3 is 15.1 Å². The van der Waals surface area contributed by atoms with E-state index in [4.69, 9.17) is 0 Å². The van der Waals surface area contributed by atoms with Gasteiger partial charge >= 0.3 is 0 Å². The second kappa shape index (κ2) is 4.46. The van der Waals surface area contributed by atoms with E-state index in [1.807, 2.05) is 0 Å². The summed E-state index contributed by atoms with van der Waals surface area (Å²) in [4.78, 5) is 12.7. The minimum absolute atomic E-state index is 0.0732. The van der Waals surface area contributed by atoms with Gasteiger partial charge in [-0.2, -0.15) is 0 Å². The predicted molar refractivity (Wildman–Crippen MR) is 52.9 cm³/mol. The molecule has 1 aliphatic heterocycles. The number of β-amino-alcohol motifs (C(OH)–C–C–N with tert-alkyl or cyclic N) is 2. The molecule has 0 aliphatic carbocycles. The Morgan fingerprint density at radius 1 is 1.33 bits per heavy atom. The van der Waals surface area contributed by atoms with Crippen molar-refractivity contribution in [1.29, 1.82) is 0 Å². The van der Waals surface area contributed by atoms with Crippen molar-refractivity contribution in [3.8, 4) is 0 Å². The van der Waals surface area contributed by atoms with Crippen molar-refractivity contribution in [2.75, 3.05) is 25.1 Å². The number of carbonyl (C=O) groups is 1. The Balaban J connectivity index is 2.43. The van der Waals surface area contributed by atoms with Crippen LogP contribution in [0.5, 0.6) is 0 Å². The number of nitrogens with zero attached hydrogens (tertiary/aromatic N) is 1. The monoisotopic (exact) mass is 237 g/mol. The third kappa shape index (κ3) is 3.77. The molecule has 1 saturated heterocycles. The molecule has 0 aromatic heterocycles. The molecule has 1 amide bonds. The van der Waals surface area contributed by atoms with E-state index in [0.29, 0.717) is 0 Å². The number of hydrogen-bond donors (Lipinski definition) is 2. The van der Waals surface area contributed by atoms with E-state index in [1.54, 1.807) is 0 Å². The summed E-state index contributed by atoms with van der Waals surface area (Å²) in [6.45, 7) is 0.146. The molecule has 2 N–H and O–H groups in total. The molecule has 7 heteroatoms. The summed E-state index contributed by atoms with van der Waals surface area (Å²) >= 11 is 0. The summed E-state index contributed by atoms with van der Waals surface area (Å²) in [6.07, 6.45) is -0.883. The molecule has 0 bridgehead atoms. The Hall–Kier alpha value is -0.660. The molecular formula is C8H15NO5S. The molecular weight excluding hydrogens is 222 g/mol. The van der Waals surface area contributed by atoms with E-state index in [2.05, 4.69) is 0 Å². The number of carbonyl (C=O) groups excluding carboxylic acids is 1. The maximum absolute atomic E-state index is 11.4. The van der Waals surface area contributed by atoms with Gasteiger partial charge in [0.25, 0.3) is 0 Å². The lowest BCUT2D eigenvalue weighted by Crippen LogP contribution is -2.31. The number of aliphatic hydroxyl groups is 2. The summed E-state index contributed by atoms with van der Waals surface area (Å²) < 4.78 is 21.6. The van der Waals surface area contributed by atoms with Crippen LogP contribution < -0.4 is 0 Å². The van der Waals surface area contributed by atoms with Gasteiger partial charge in [-0.05, 0) is 0 Å². The molecule has 0 radical (unpaired) electrons. The van der Waals surface area contributed by atoms with E-state index < -0.39 is 22.0 Å². The standard InChI is InChI=1S/C8H15NO5S/c1-15(13,14)3-2-8(12)9-4-6(10)7(11)5-9/h6-7,10-11H,2-5H2,1H3. The van der Waals surface area contributed by atoms with Crippen LogP contribution in [0.15, 0.2) is 0 Å². The van der Waals surface area contributed by atoms with Gasteiger partial charge in [0.05, 0.1) is 18.0 Å². The molecule has 1 heterocycles. The van der Waals surface area contributed by atoms with Gasteiger partial charge in [-0.3, -0.25) is 4.79 Å². The van der Waals surface area contributed by atoms with Crippen molar-refractivity contribution in [2.24, 2.45) is 0 Å². The zero-order chi connectivity index (χ0) is 11.6. The lowest BCUT2D eigenvalue weighted by Gasteiger charge is -2.14. The summed E-state index contributed by atoms with van der Waals surface area (Å²) in [7, 11) is -3.15. The fraction of sp³-hybridized carbons (Fsp3) is 0.875. The van der Waals surface area contributed by atoms with Crippen LogP contribution in [0, 0.1) is 0 Å². The van der Waals surface area contributed by atoms with Crippen LogP contribution in [-0.4, -0.2) is 66.7 Å². The Labute approximate surface area is 88.4 Å². The Morgan fingerprint density at radius 2 is 1.80 bits per heavy atom. The molecule has 2 unspecified atom stereocenters. The lowest BCUT2D eigenvalue weighted by atomic mass is 10.3. The first kappa shape index (κ1) is 12.4. The third-order valence-corrected chi connectivity index (χ3v) is 3.24. The van der Waals surface area contributed by atoms with Crippen LogP contribution in [0.1, 0.15) is 6.42 Å². The highest BCUT2D eigenvalue weighted by Gasteiger charge is 2.32. The normalized spacial score (nSPS) is 27.0. The van der Waals surface area contributed by atoms with Crippen LogP contribution in [0.4, 0.5) is 0 Å². The van der Waals surface area contributed by atoms with Crippen molar-refractivity contribution < 1.29 is 23.4 Å². The zero-order valence-corrected chi connectivity index (χ0v) is 9.27. The van der Waals surface area contributed by atoms with Gasteiger partial charge in [-0.1, -0.05) is 0 Å². The molecule has 0 saturated carbocycles. The molecule has 15 heavy (non-hydrogen) atoms. The average molecular weight is 237 g/mol. The highest BCUT2D eigenvalue weighted by atomic mass is 32.2. The van der Waals surface area contributed by atoms with Crippen LogP contribution >= 0.6 is 0 Å². The van der Waals surface area contributed by atoms with Gasteiger partial charge in [-0.15, -0.1) is 0 Å². The molecule has 0 spiro atoms. The highest BCUT2D eigenvalue weighted by Crippen LogP contribution is 2.11. The summed E-state index contributed by atoms with van der Waals surface area (Å²) in [5, 5.41) is 18.4. The van der Waals surface area contributed by atoms with E-state index >= 15 is 0 Å². The quantitative estimate of drug-likeness (QED) is 0.591.